The topological polar surface area (TPSA) is 76.7 Å². The van der Waals surface area contributed by atoms with Crippen LogP contribution in [0.4, 0.5) is 5.69 Å². The molecule has 2 aromatic rings. The Hall–Kier alpha value is -2.09. The van der Waals surface area contributed by atoms with E-state index in [1.165, 1.54) is 0 Å². The van der Waals surface area contributed by atoms with E-state index < -0.39 is 6.10 Å². The molecule has 6 nitrogen and oxygen atoms in total. The van der Waals surface area contributed by atoms with Crippen LogP contribution < -0.4 is 15.4 Å². The maximum absolute atomic E-state index is 12.6. The largest absolute Gasteiger partial charge is 0.480 e. The highest BCUT2D eigenvalue weighted by Crippen LogP contribution is 2.29. The zero-order chi connectivity index (χ0) is 20.8. The Labute approximate surface area is 183 Å². The number of rotatable bonds is 7. The van der Waals surface area contributed by atoms with Gasteiger partial charge in [0, 0.05) is 18.2 Å². The van der Waals surface area contributed by atoms with Gasteiger partial charge in [-0.2, -0.15) is 0 Å². The van der Waals surface area contributed by atoms with Crippen molar-refractivity contribution in [2.75, 3.05) is 18.5 Å². The third kappa shape index (κ3) is 5.95. The SMILES string of the molecule is CC(Oc1ccc(Cl)cc1Br)C(=O)Nc1ccccc1C(=O)NCC1CCCO1. The van der Waals surface area contributed by atoms with Crippen molar-refractivity contribution in [2.45, 2.75) is 32.0 Å². The lowest BCUT2D eigenvalue weighted by atomic mass is 10.1. The van der Waals surface area contributed by atoms with Gasteiger partial charge < -0.3 is 20.1 Å². The molecule has 1 aliphatic rings. The number of ether oxygens (including phenoxy) is 2. The smallest absolute Gasteiger partial charge is 0.265 e. The van der Waals surface area contributed by atoms with Gasteiger partial charge in [0.1, 0.15) is 5.75 Å². The van der Waals surface area contributed by atoms with Crippen molar-refractivity contribution < 1.29 is 19.1 Å². The molecule has 3 rings (SSSR count). The molecule has 2 atom stereocenters. The summed E-state index contributed by atoms with van der Waals surface area (Å²) in [5.74, 6) is -0.128. The highest BCUT2D eigenvalue weighted by Gasteiger charge is 2.21. The fourth-order valence-electron chi connectivity index (χ4n) is 2.95. The molecule has 154 valence electrons. The molecule has 29 heavy (non-hydrogen) atoms. The minimum absolute atomic E-state index is 0.0481. The van der Waals surface area contributed by atoms with E-state index in [1.807, 2.05) is 0 Å². The van der Waals surface area contributed by atoms with Crippen LogP contribution in [0.3, 0.4) is 0 Å². The van der Waals surface area contributed by atoms with Crippen LogP contribution in [0.2, 0.25) is 5.02 Å². The first kappa shape index (κ1) is 21.6. The molecule has 8 heteroatoms. The molecule has 0 radical (unpaired) electrons. The highest BCUT2D eigenvalue weighted by atomic mass is 79.9. The third-order valence-corrected chi connectivity index (χ3v) is 5.37. The Morgan fingerprint density at radius 1 is 1.31 bits per heavy atom. The summed E-state index contributed by atoms with van der Waals surface area (Å²) in [6.07, 6.45) is 1.21. The second kappa shape index (κ2) is 10.1. The molecule has 0 aliphatic carbocycles. The lowest BCUT2D eigenvalue weighted by Gasteiger charge is -2.17. The number of benzene rings is 2. The van der Waals surface area contributed by atoms with E-state index in [0.717, 1.165) is 19.4 Å². The van der Waals surface area contributed by atoms with E-state index in [9.17, 15) is 9.59 Å². The van der Waals surface area contributed by atoms with E-state index in [-0.39, 0.29) is 17.9 Å². The summed E-state index contributed by atoms with van der Waals surface area (Å²) >= 11 is 9.29. The summed E-state index contributed by atoms with van der Waals surface area (Å²) in [4.78, 5) is 25.2. The normalized spacial score (nSPS) is 16.9. The second-order valence-electron chi connectivity index (χ2n) is 6.71. The first-order valence-corrected chi connectivity index (χ1v) is 10.5. The van der Waals surface area contributed by atoms with Gasteiger partial charge in [0.15, 0.2) is 6.10 Å². The maximum atomic E-state index is 12.6. The summed E-state index contributed by atoms with van der Waals surface area (Å²) in [5.41, 5.74) is 0.812. The molecule has 2 N–H and O–H groups in total. The maximum Gasteiger partial charge on any atom is 0.265 e. The van der Waals surface area contributed by atoms with Gasteiger partial charge in [0.2, 0.25) is 0 Å². The summed E-state index contributed by atoms with van der Waals surface area (Å²) in [7, 11) is 0. The minimum atomic E-state index is -0.782. The van der Waals surface area contributed by atoms with Crippen LogP contribution in [0.1, 0.15) is 30.1 Å². The average molecular weight is 482 g/mol. The molecular weight excluding hydrogens is 460 g/mol. The molecule has 1 heterocycles. The molecule has 0 aromatic heterocycles. The summed E-state index contributed by atoms with van der Waals surface area (Å²) in [5, 5.41) is 6.20. The van der Waals surface area contributed by atoms with Crippen LogP contribution in [-0.2, 0) is 9.53 Å². The van der Waals surface area contributed by atoms with Crippen LogP contribution in [0.5, 0.6) is 5.75 Å². The number of carbonyl (C=O) groups excluding carboxylic acids is 2. The molecule has 1 aliphatic heterocycles. The monoisotopic (exact) mass is 480 g/mol. The lowest BCUT2D eigenvalue weighted by molar-refractivity contribution is -0.122. The minimum Gasteiger partial charge on any atom is -0.480 e. The van der Waals surface area contributed by atoms with E-state index >= 15 is 0 Å². The van der Waals surface area contributed by atoms with Crippen LogP contribution in [0, 0.1) is 0 Å². The van der Waals surface area contributed by atoms with E-state index in [4.69, 9.17) is 21.1 Å². The van der Waals surface area contributed by atoms with Crippen molar-refractivity contribution in [3.63, 3.8) is 0 Å². The van der Waals surface area contributed by atoms with Crippen molar-refractivity contribution in [1.82, 2.24) is 5.32 Å². The number of carbonyl (C=O) groups is 2. The van der Waals surface area contributed by atoms with Gasteiger partial charge in [-0.3, -0.25) is 9.59 Å². The van der Waals surface area contributed by atoms with Gasteiger partial charge in [-0.25, -0.2) is 0 Å². The second-order valence-corrected chi connectivity index (χ2v) is 8.01. The van der Waals surface area contributed by atoms with Gasteiger partial charge >= 0.3 is 0 Å². The molecular formula is C21H22BrClN2O4. The van der Waals surface area contributed by atoms with Crippen molar-refractivity contribution in [2.24, 2.45) is 0 Å². The van der Waals surface area contributed by atoms with E-state index in [2.05, 4.69) is 26.6 Å². The molecule has 2 unspecified atom stereocenters. The zero-order valence-corrected chi connectivity index (χ0v) is 18.3. The van der Waals surface area contributed by atoms with Gasteiger partial charge in [0.25, 0.3) is 11.8 Å². The molecule has 1 saturated heterocycles. The molecule has 1 fully saturated rings. The first-order chi connectivity index (χ1) is 13.9. The number of hydrogen-bond acceptors (Lipinski definition) is 4. The summed E-state index contributed by atoms with van der Waals surface area (Å²) in [6, 6.07) is 11.9. The van der Waals surface area contributed by atoms with Gasteiger partial charge in [-0.05, 0) is 66.0 Å². The summed E-state index contributed by atoms with van der Waals surface area (Å²) < 4.78 is 11.9. The number of amides is 2. The van der Waals surface area contributed by atoms with Crippen molar-refractivity contribution in [3.05, 3.63) is 57.5 Å². The Morgan fingerprint density at radius 3 is 2.83 bits per heavy atom. The number of anilines is 1. The number of nitrogens with one attached hydrogen (secondary N) is 2. The standard InChI is InChI=1S/C21H22BrClN2O4/c1-13(29-19-9-8-14(23)11-17(19)22)20(26)25-18-7-3-2-6-16(18)21(27)24-12-15-5-4-10-28-15/h2-3,6-9,11,13,15H,4-5,10,12H2,1H3,(H,24,27)(H,25,26). The predicted molar refractivity (Wildman–Crippen MR) is 116 cm³/mol. The summed E-state index contributed by atoms with van der Waals surface area (Å²) in [6.45, 7) is 2.82. The average Bonchev–Trinajstić information content (AvgIpc) is 3.22. The lowest BCUT2D eigenvalue weighted by Crippen LogP contribution is -2.34. The van der Waals surface area contributed by atoms with Crippen molar-refractivity contribution in [1.29, 1.82) is 0 Å². The Balaban J connectivity index is 1.62. The third-order valence-electron chi connectivity index (χ3n) is 4.51. The zero-order valence-electron chi connectivity index (χ0n) is 15.9. The van der Waals surface area contributed by atoms with Gasteiger partial charge in [-0.15, -0.1) is 0 Å². The van der Waals surface area contributed by atoms with E-state index in [1.54, 1.807) is 49.4 Å². The fraction of sp³-hybridized carbons (Fsp3) is 0.333. The van der Waals surface area contributed by atoms with E-state index in [0.29, 0.717) is 33.0 Å². The van der Waals surface area contributed by atoms with Crippen LogP contribution in [0.25, 0.3) is 0 Å². The number of hydrogen-bond donors (Lipinski definition) is 2. The molecule has 2 aromatic carbocycles. The van der Waals surface area contributed by atoms with Gasteiger partial charge in [0.05, 0.1) is 21.8 Å². The van der Waals surface area contributed by atoms with Crippen LogP contribution in [0.15, 0.2) is 46.9 Å². The molecule has 2 amide bonds. The Bertz CT molecular complexity index is 887. The molecule has 0 saturated carbocycles. The Morgan fingerprint density at radius 2 is 2.10 bits per heavy atom. The van der Waals surface area contributed by atoms with Crippen molar-refractivity contribution in [3.8, 4) is 5.75 Å². The Kier molecular flexibility index (Phi) is 7.52. The highest BCUT2D eigenvalue weighted by molar-refractivity contribution is 9.10. The quantitative estimate of drug-likeness (QED) is 0.614. The van der Waals surface area contributed by atoms with Crippen molar-refractivity contribution >= 4 is 45.0 Å². The van der Waals surface area contributed by atoms with Crippen LogP contribution in [-0.4, -0.2) is 37.2 Å². The fourth-order valence-corrected chi connectivity index (χ4v) is 3.72. The molecule has 0 spiro atoms. The van der Waals surface area contributed by atoms with Gasteiger partial charge in [-0.1, -0.05) is 23.7 Å². The predicted octanol–water partition coefficient (Wildman–Crippen LogP) is 4.42. The number of halogens is 2. The van der Waals surface area contributed by atoms with Crippen LogP contribution >= 0.6 is 27.5 Å². The first-order valence-electron chi connectivity index (χ1n) is 9.35. The number of para-hydroxylation sites is 1. The molecule has 0 bridgehead atoms.